The molecule has 3 atom stereocenters. The normalized spacial score (nSPS) is 24.7. The monoisotopic (exact) mass is 350 g/mol. The maximum atomic E-state index is 2.34. The first-order valence-corrected chi connectivity index (χ1v) is 10.3. The standard InChI is InChI=1S/C27H26/c1-4-12-20(13-5-1)25-23-18-10-11-19-24(23)26(21-14-6-2-7-15-21)27(25)22-16-8-3-9-17-22/h1-9,12-17,23-25H,10-11,18-19H2. The lowest BCUT2D eigenvalue weighted by molar-refractivity contribution is 0.290. The van der Waals surface area contributed by atoms with Gasteiger partial charge >= 0.3 is 0 Å². The van der Waals surface area contributed by atoms with Crippen molar-refractivity contribution in [1.82, 2.24) is 0 Å². The van der Waals surface area contributed by atoms with E-state index in [2.05, 4.69) is 91.0 Å². The van der Waals surface area contributed by atoms with Gasteiger partial charge < -0.3 is 0 Å². The van der Waals surface area contributed by atoms with Crippen LogP contribution in [0, 0.1) is 11.8 Å². The fraction of sp³-hybridized carbons (Fsp3) is 0.259. The number of fused-ring (bicyclic) bond motifs is 1. The van der Waals surface area contributed by atoms with Crippen molar-refractivity contribution >= 4 is 11.1 Å². The van der Waals surface area contributed by atoms with Crippen molar-refractivity contribution in [3.8, 4) is 0 Å². The predicted octanol–water partition coefficient (Wildman–Crippen LogP) is 7.20. The zero-order valence-corrected chi connectivity index (χ0v) is 15.7. The summed E-state index contributed by atoms with van der Waals surface area (Å²) in [4.78, 5) is 0. The van der Waals surface area contributed by atoms with Gasteiger partial charge in [-0.25, -0.2) is 0 Å². The molecule has 0 saturated heterocycles. The van der Waals surface area contributed by atoms with E-state index >= 15 is 0 Å². The maximum absolute atomic E-state index is 2.34. The fourth-order valence-corrected chi connectivity index (χ4v) is 5.51. The van der Waals surface area contributed by atoms with E-state index in [0.29, 0.717) is 11.8 Å². The molecule has 0 aliphatic heterocycles. The van der Waals surface area contributed by atoms with E-state index in [1.54, 1.807) is 11.1 Å². The zero-order valence-electron chi connectivity index (χ0n) is 15.7. The van der Waals surface area contributed by atoms with E-state index < -0.39 is 0 Å². The van der Waals surface area contributed by atoms with Crippen LogP contribution in [0.25, 0.3) is 11.1 Å². The van der Waals surface area contributed by atoms with Crippen molar-refractivity contribution in [1.29, 1.82) is 0 Å². The summed E-state index contributed by atoms with van der Waals surface area (Å²) in [5.74, 6) is 1.92. The molecule has 0 heteroatoms. The molecular weight excluding hydrogens is 324 g/mol. The van der Waals surface area contributed by atoms with Crippen LogP contribution in [0.1, 0.15) is 48.3 Å². The van der Waals surface area contributed by atoms with Gasteiger partial charge in [0.2, 0.25) is 0 Å². The molecular formula is C27H26. The van der Waals surface area contributed by atoms with Crippen LogP contribution in [-0.2, 0) is 0 Å². The molecule has 2 aliphatic carbocycles. The van der Waals surface area contributed by atoms with E-state index in [0.717, 1.165) is 5.92 Å². The average molecular weight is 351 g/mol. The van der Waals surface area contributed by atoms with Crippen LogP contribution < -0.4 is 0 Å². The summed E-state index contributed by atoms with van der Waals surface area (Å²) in [6, 6.07) is 33.5. The third-order valence-electron chi connectivity index (χ3n) is 6.55. The summed E-state index contributed by atoms with van der Waals surface area (Å²) >= 11 is 0. The Hall–Kier alpha value is -2.60. The molecule has 0 aromatic heterocycles. The van der Waals surface area contributed by atoms with Gasteiger partial charge in [-0.05, 0) is 52.5 Å². The highest BCUT2D eigenvalue weighted by Crippen LogP contribution is 2.59. The molecule has 0 N–H and O–H groups in total. The van der Waals surface area contributed by atoms with Crippen molar-refractivity contribution in [2.45, 2.75) is 31.6 Å². The van der Waals surface area contributed by atoms with E-state index in [-0.39, 0.29) is 0 Å². The maximum Gasteiger partial charge on any atom is 0.0132 e. The predicted molar refractivity (Wildman–Crippen MR) is 114 cm³/mol. The van der Waals surface area contributed by atoms with Gasteiger partial charge in [-0.15, -0.1) is 0 Å². The highest BCUT2D eigenvalue weighted by Gasteiger charge is 2.44. The molecule has 0 amide bonds. The van der Waals surface area contributed by atoms with Crippen molar-refractivity contribution in [3.63, 3.8) is 0 Å². The van der Waals surface area contributed by atoms with Crippen LogP contribution in [0.2, 0.25) is 0 Å². The second-order valence-electron chi connectivity index (χ2n) is 8.00. The Labute approximate surface area is 162 Å². The molecule has 0 heterocycles. The molecule has 27 heavy (non-hydrogen) atoms. The number of allylic oxidation sites excluding steroid dienone is 2. The topological polar surface area (TPSA) is 0 Å². The first-order chi connectivity index (χ1) is 13.4. The molecule has 0 spiro atoms. The molecule has 0 radical (unpaired) electrons. The molecule has 0 bridgehead atoms. The van der Waals surface area contributed by atoms with E-state index in [1.807, 2.05) is 0 Å². The molecule has 3 aromatic rings. The molecule has 1 saturated carbocycles. The Balaban J connectivity index is 1.77. The van der Waals surface area contributed by atoms with Gasteiger partial charge in [0.25, 0.3) is 0 Å². The number of hydrogen-bond donors (Lipinski definition) is 0. The van der Waals surface area contributed by atoms with Crippen molar-refractivity contribution < 1.29 is 0 Å². The average Bonchev–Trinajstić information content (AvgIpc) is 3.11. The Morgan fingerprint density at radius 3 is 1.67 bits per heavy atom. The van der Waals surface area contributed by atoms with Crippen LogP contribution in [0.5, 0.6) is 0 Å². The molecule has 2 aliphatic rings. The SMILES string of the molecule is c1ccc(C2=C(c3ccccc3)C(c3ccccc3)C3CCCCC23)cc1. The molecule has 0 nitrogen and oxygen atoms in total. The van der Waals surface area contributed by atoms with Crippen LogP contribution >= 0.6 is 0 Å². The highest BCUT2D eigenvalue weighted by molar-refractivity contribution is 5.97. The van der Waals surface area contributed by atoms with Crippen LogP contribution in [-0.4, -0.2) is 0 Å². The van der Waals surface area contributed by atoms with Crippen molar-refractivity contribution in [2.75, 3.05) is 0 Å². The number of rotatable bonds is 3. The largest absolute Gasteiger partial charge is 0.0622 e. The van der Waals surface area contributed by atoms with Gasteiger partial charge in [0.1, 0.15) is 0 Å². The zero-order chi connectivity index (χ0) is 18.1. The van der Waals surface area contributed by atoms with Crippen LogP contribution in [0.4, 0.5) is 0 Å². The minimum absolute atomic E-state index is 0.508. The van der Waals surface area contributed by atoms with Gasteiger partial charge in [0.05, 0.1) is 0 Å². The van der Waals surface area contributed by atoms with Gasteiger partial charge in [-0.1, -0.05) is 104 Å². The summed E-state index contributed by atoms with van der Waals surface area (Å²) in [6.07, 6.45) is 5.40. The van der Waals surface area contributed by atoms with Gasteiger partial charge in [0.15, 0.2) is 0 Å². The minimum atomic E-state index is 0.508. The van der Waals surface area contributed by atoms with Crippen LogP contribution in [0.3, 0.4) is 0 Å². The minimum Gasteiger partial charge on any atom is -0.0622 e. The molecule has 134 valence electrons. The third-order valence-corrected chi connectivity index (χ3v) is 6.55. The van der Waals surface area contributed by atoms with E-state index in [4.69, 9.17) is 0 Å². The Kier molecular flexibility index (Phi) is 4.41. The lowest BCUT2D eigenvalue weighted by Gasteiger charge is -2.32. The first kappa shape index (κ1) is 16.6. The molecule has 3 unspecified atom stereocenters. The van der Waals surface area contributed by atoms with E-state index in [1.165, 1.54) is 42.4 Å². The van der Waals surface area contributed by atoms with Gasteiger partial charge in [-0.2, -0.15) is 0 Å². The summed E-state index contributed by atoms with van der Waals surface area (Å²) in [7, 11) is 0. The molecule has 3 aromatic carbocycles. The van der Waals surface area contributed by atoms with E-state index in [9.17, 15) is 0 Å². The Morgan fingerprint density at radius 2 is 1.04 bits per heavy atom. The second kappa shape index (κ2) is 7.19. The number of hydrogen-bond acceptors (Lipinski definition) is 0. The fourth-order valence-electron chi connectivity index (χ4n) is 5.51. The Morgan fingerprint density at radius 1 is 0.519 bits per heavy atom. The lowest BCUT2D eigenvalue weighted by atomic mass is 9.72. The number of benzene rings is 3. The molecule has 5 rings (SSSR count). The lowest BCUT2D eigenvalue weighted by Crippen LogP contribution is -2.20. The molecule has 1 fully saturated rings. The quantitative estimate of drug-likeness (QED) is 0.468. The van der Waals surface area contributed by atoms with Crippen molar-refractivity contribution in [2.24, 2.45) is 11.8 Å². The third kappa shape index (κ3) is 2.94. The van der Waals surface area contributed by atoms with Crippen LogP contribution in [0.15, 0.2) is 91.0 Å². The van der Waals surface area contributed by atoms with Crippen molar-refractivity contribution in [3.05, 3.63) is 108 Å². The summed E-state index contributed by atoms with van der Waals surface area (Å²) in [5, 5.41) is 0. The second-order valence-corrected chi connectivity index (χ2v) is 8.00. The smallest absolute Gasteiger partial charge is 0.0132 e. The summed E-state index contributed by atoms with van der Waals surface area (Å²) < 4.78 is 0. The van der Waals surface area contributed by atoms with Gasteiger partial charge in [-0.3, -0.25) is 0 Å². The summed E-state index contributed by atoms with van der Waals surface area (Å²) in [5.41, 5.74) is 7.50. The Bertz CT molecular complexity index is 922. The van der Waals surface area contributed by atoms with Gasteiger partial charge in [0, 0.05) is 5.92 Å². The first-order valence-electron chi connectivity index (χ1n) is 10.3. The highest BCUT2D eigenvalue weighted by atomic mass is 14.5. The summed E-state index contributed by atoms with van der Waals surface area (Å²) in [6.45, 7) is 0.